The number of rotatable bonds is 0. The third-order valence-corrected chi connectivity index (χ3v) is 4.18. The summed E-state index contributed by atoms with van der Waals surface area (Å²) < 4.78 is 0. The molecule has 0 bridgehead atoms. The second kappa shape index (κ2) is 7.60. The summed E-state index contributed by atoms with van der Waals surface area (Å²) in [5.74, 6) is 0.184. The first-order valence-corrected chi connectivity index (χ1v) is 7.73. The molecule has 108 valence electrons. The molecule has 2 rings (SSSR count). The summed E-state index contributed by atoms with van der Waals surface area (Å²) in [5, 5.41) is 18.6. The summed E-state index contributed by atoms with van der Waals surface area (Å²) in [6, 6.07) is 7.78. The van der Waals surface area contributed by atoms with Crippen molar-refractivity contribution in [3.05, 3.63) is 34.4 Å². The van der Waals surface area contributed by atoms with Crippen LogP contribution in [0.25, 0.3) is 0 Å². The van der Waals surface area contributed by atoms with E-state index in [4.69, 9.17) is 0 Å². The lowest BCUT2D eigenvalue weighted by Crippen LogP contribution is -2.10. The maximum Gasteiger partial charge on any atom is 0.137 e. The molecule has 0 saturated carbocycles. The maximum absolute atomic E-state index is 12.1. The molecule has 0 radical (unpaired) electrons. The zero-order valence-corrected chi connectivity index (χ0v) is 12.3. The number of nitriles is 2. The van der Waals surface area contributed by atoms with Crippen molar-refractivity contribution in [3.63, 3.8) is 0 Å². The quantitative estimate of drug-likeness (QED) is 0.725. The van der Waals surface area contributed by atoms with E-state index in [1.807, 2.05) is 0 Å². The molecule has 21 heavy (non-hydrogen) atoms. The Labute approximate surface area is 126 Å². The van der Waals surface area contributed by atoms with E-state index in [-0.39, 0.29) is 5.78 Å². The molecule has 0 atom stereocenters. The highest BCUT2D eigenvalue weighted by Gasteiger charge is 2.16. The predicted molar refractivity (Wildman–Crippen MR) is 80.6 cm³/mol. The molecule has 0 unspecified atom stereocenters. The van der Waals surface area contributed by atoms with E-state index in [0.29, 0.717) is 24.0 Å². The van der Waals surface area contributed by atoms with Crippen molar-refractivity contribution in [3.8, 4) is 12.1 Å². The van der Waals surface area contributed by atoms with Gasteiger partial charge in [0.2, 0.25) is 0 Å². The third-order valence-electron chi connectivity index (χ3n) is 4.18. The van der Waals surface area contributed by atoms with E-state index in [9.17, 15) is 15.3 Å². The minimum Gasteiger partial charge on any atom is -0.299 e. The summed E-state index contributed by atoms with van der Waals surface area (Å²) in [7, 11) is 0. The number of nitrogens with zero attached hydrogens (tertiary/aromatic N) is 2. The highest BCUT2D eigenvalue weighted by Crippen LogP contribution is 2.24. The van der Waals surface area contributed by atoms with Crippen molar-refractivity contribution < 1.29 is 4.79 Å². The van der Waals surface area contributed by atoms with Crippen LogP contribution in [0.15, 0.2) is 12.1 Å². The van der Waals surface area contributed by atoms with Gasteiger partial charge in [0, 0.05) is 12.8 Å². The van der Waals surface area contributed by atoms with Crippen LogP contribution in [0.1, 0.15) is 67.2 Å². The number of ketones is 1. The highest BCUT2D eigenvalue weighted by atomic mass is 16.1. The average molecular weight is 280 g/mol. The van der Waals surface area contributed by atoms with Crippen molar-refractivity contribution in [2.24, 2.45) is 0 Å². The van der Waals surface area contributed by atoms with Crippen molar-refractivity contribution in [2.45, 2.75) is 57.8 Å². The van der Waals surface area contributed by atoms with E-state index in [2.05, 4.69) is 12.1 Å². The Hall–Kier alpha value is -2.13. The van der Waals surface area contributed by atoms with Crippen LogP contribution in [0.5, 0.6) is 0 Å². The topological polar surface area (TPSA) is 64.7 Å². The van der Waals surface area contributed by atoms with Crippen LogP contribution in [-0.4, -0.2) is 5.78 Å². The zero-order chi connectivity index (χ0) is 15.1. The first-order valence-electron chi connectivity index (χ1n) is 7.73. The first-order chi connectivity index (χ1) is 10.3. The molecule has 0 heterocycles. The molecule has 1 aliphatic carbocycles. The van der Waals surface area contributed by atoms with Gasteiger partial charge in [0.25, 0.3) is 0 Å². The molecule has 0 N–H and O–H groups in total. The third kappa shape index (κ3) is 3.92. The summed E-state index contributed by atoms with van der Waals surface area (Å²) in [6.45, 7) is 0. The molecule has 0 aromatic heterocycles. The maximum atomic E-state index is 12.1. The average Bonchev–Trinajstić information content (AvgIpc) is 2.49. The van der Waals surface area contributed by atoms with Gasteiger partial charge in [-0.15, -0.1) is 0 Å². The molecular weight excluding hydrogens is 260 g/mol. The van der Waals surface area contributed by atoms with Crippen LogP contribution < -0.4 is 0 Å². The van der Waals surface area contributed by atoms with Gasteiger partial charge >= 0.3 is 0 Å². The first kappa shape index (κ1) is 15.3. The fraction of sp³-hybridized carbons (Fsp3) is 0.500. The smallest absolute Gasteiger partial charge is 0.137 e. The number of benzene rings is 1. The van der Waals surface area contributed by atoms with Crippen LogP contribution >= 0.6 is 0 Å². The Morgan fingerprint density at radius 1 is 0.762 bits per heavy atom. The highest BCUT2D eigenvalue weighted by molar-refractivity contribution is 5.82. The van der Waals surface area contributed by atoms with Crippen LogP contribution in [0.4, 0.5) is 0 Å². The van der Waals surface area contributed by atoms with Crippen LogP contribution in [0, 0.1) is 22.7 Å². The monoisotopic (exact) mass is 280 g/mol. The summed E-state index contributed by atoms with van der Waals surface area (Å²) >= 11 is 0. The number of fused-ring (bicyclic) bond motifs is 1. The van der Waals surface area contributed by atoms with Crippen molar-refractivity contribution in [2.75, 3.05) is 0 Å². The number of hydrogen-bond donors (Lipinski definition) is 0. The van der Waals surface area contributed by atoms with Gasteiger partial charge in [-0.25, -0.2) is 0 Å². The van der Waals surface area contributed by atoms with Gasteiger partial charge < -0.3 is 0 Å². The van der Waals surface area contributed by atoms with Gasteiger partial charge in [0.15, 0.2) is 0 Å². The largest absolute Gasteiger partial charge is 0.299 e. The van der Waals surface area contributed by atoms with Gasteiger partial charge in [-0.1, -0.05) is 25.7 Å². The lowest BCUT2D eigenvalue weighted by molar-refractivity contribution is -0.118. The van der Waals surface area contributed by atoms with E-state index >= 15 is 0 Å². The normalized spacial score (nSPS) is 16.8. The minimum absolute atomic E-state index is 0.184. The fourth-order valence-electron chi connectivity index (χ4n) is 3.01. The zero-order valence-electron chi connectivity index (χ0n) is 12.3. The molecular formula is C18H20N2O. The van der Waals surface area contributed by atoms with Crippen LogP contribution in [0.3, 0.4) is 0 Å². The molecule has 3 heteroatoms. The Morgan fingerprint density at radius 2 is 1.29 bits per heavy atom. The van der Waals surface area contributed by atoms with E-state index in [1.165, 1.54) is 12.8 Å². The van der Waals surface area contributed by atoms with E-state index in [0.717, 1.165) is 43.2 Å². The summed E-state index contributed by atoms with van der Waals surface area (Å²) in [5.41, 5.74) is 2.89. The number of Topliss-reactive ketones (excluding diaryl/α,β-unsaturated/α-hetero) is 1. The van der Waals surface area contributed by atoms with Gasteiger partial charge in [0.05, 0.1) is 23.3 Å². The fourth-order valence-corrected chi connectivity index (χ4v) is 3.01. The minimum atomic E-state index is 0.184. The van der Waals surface area contributed by atoms with Crippen molar-refractivity contribution in [1.29, 1.82) is 10.5 Å². The second-order valence-electron chi connectivity index (χ2n) is 5.68. The molecule has 0 spiro atoms. The van der Waals surface area contributed by atoms with Crippen LogP contribution in [-0.2, 0) is 17.6 Å². The van der Waals surface area contributed by atoms with E-state index in [1.54, 1.807) is 12.1 Å². The predicted octanol–water partition coefficient (Wildman–Crippen LogP) is 3.83. The molecule has 0 amide bonds. The lowest BCUT2D eigenvalue weighted by atomic mass is 9.88. The number of carbonyl (C=O) groups excluding carboxylic acids is 1. The molecule has 1 aromatic rings. The molecule has 0 saturated heterocycles. The Kier molecular flexibility index (Phi) is 5.52. The molecule has 3 nitrogen and oxygen atoms in total. The van der Waals surface area contributed by atoms with Gasteiger partial charge in [-0.05, 0) is 42.5 Å². The SMILES string of the molecule is N#Cc1ccc(C#N)c2c1CCCCCCCCC(=O)C2. The van der Waals surface area contributed by atoms with Gasteiger partial charge in [-0.3, -0.25) is 4.79 Å². The van der Waals surface area contributed by atoms with E-state index < -0.39 is 0 Å². The Bertz CT molecular complexity index is 605. The second-order valence-corrected chi connectivity index (χ2v) is 5.68. The van der Waals surface area contributed by atoms with Gasteiger partial charge in [0.1, 0.15) is 5.78 Å². The van der Waals surface area contributed by atoms with Crippen molar-refractivity contribution >= 4 is 5.78 Å². The standard InChI is InChI=1S/C18H20N2O/c19-12-14-9-10-15(13-20)18-11-16(21)7-5-3-1-2-4-6-8-17(14)18/h9-10H,1-8,11H2. The summed E-state index contributed by atoms with van der Waals surface area (Å²) in [4.78, 5) is 12.1. The van der Waals surface area contributed by atoms with Gasteiger partial charge in [-0.2, -0.15) is 10.5 Å². The lowest BCUT2D eigenvalue weighted by Gasteiger charge is -2.14. The van der Waals surface area contributed by atoms with Crippen LogP contribution in [0.2, 0.25) is 0 Å². The molecule has 1 aromatic carbocycles. The molecule has 0 fully saturated rings. The van der Waals surface area contributed by atoms with Crippen molar-refractivity contribution in [1.82, 2.24) is 0 Å². The Morgan fingerprint density at radius 3 is 1.90 bits per heavy atom. The number of hydrogen-bond acceptors (Lipinski definition) is 3. The summed E-state index contributed by atoms with van der Waals surface area (Å²) in [6.07, 6.45) is 8.26. The molecule has 0 aliphatic heterocycles. The molecule has 1 aliphatic rings. The number of carbonyl (C=O) groups is 1. The Balaban J connectivity index is 2.41.